The molecule has 0 unspecified atom stereocenters. The maximum absolute atomic E-state index is 5.44. The Hall–Kier alpha value is -2.87. The minimum absolute atomic E-state index is 0.272. The van der Waals surface area contributed by atoms with Crippen LogP contribution in [-0.4, -0.2) is 31.8 Å². The topological polar surface area (TPSA) is 89.9 Å². The van der Waals surface area contributed by atoms with Crippen LogP contribution in [-0.2, 0) is 19.6 Å². The normalized spacial score (nSPS) is 12.7. The van der Waals surface area contributed by atoms with Crippen LogP contribution in [0, 0.1) is 0 Å². The van der Waals surface area contributed by atoms with E-state index in [2.05, 4.69) is 32.6 Å². The van der Waals surface area contributed by atoms with E-state index in [9.17, 15) is 0 Å². The molecule has 1 aliphatic rings. The summed E-state index contributed by atoms with van der Waals surface area (Å²) in [4.78, 5) is 0. The molecule has 0 amide bonds. The highest BCUT2D eigenvalue weighted by Gasteiger charge is 2.16. The summed E-state index contributed by atoms with van der Waals surface area (Å²) in [5.41, 5.74) is 3.07. The molecule has 8 heteroatoms. The van der Waals surface area contributed by atoms with Crippen molar-refractivity contribution in [2.75, 3.05) is 6.79 Å². The van der Waals surface area contributed by atoms with Gasteiger partial charge in [0.15, 0.2) is 11.5 Å². The second kappa shape index (κ2) is 6.32. The van der Waals surface area contributed by atoms with Crippen molar-refractivity contribution in [3.63, 3.8) is 0 Å². The largest absolute Gasteiger partial charge is 0.454 e. The molecule has 1 aliphatic heterocycles. The standard InChI is InChI=1S/C16H18N6O2/c1-2-22-9-19-20-15(22)8-17-6-12-7-18-21-16(12)11-3-4-13-14(5-11)24-10-23-13/h3-5,7,9,17H,2,6,8,10H2,1H3,(H,18,21). The highest BCUT2D eigenvalue weighted by molar-refractivity contribution is 5.66. The summed E-state index contributed by atoms with van der Waals surface area (Å²) in [6.45, 7) is 4.53. The minimum Gasteiger partial charge on any atom is -0.454 e. The van der Waals surface area contributed by atoms with Crippen molar-refractivity contribution in [2.24, 2.45) is 0 Å². The van der Waals surface area contributed by atoms with E-state index in [1.165, 1.54) is 0 Å². The molecule has 0 saturated heterocycles. The third kappa shape index (κ3) is 2.71. The van der Waals surface area contributed by atoms with Gasteiger partial charge in [0, 0.05) is 24.2 Å². The molecule has 0 spiro atoms. The Morgan fingerprint density at radius 1 is 1.25 bits per heavy atom. The molecule has 1 aromatic carbocycles. The number of fused-ring (bicyclic) bond motifs is 1. The van der Waals surface area contributed by atoms with E-state index >= 15 is 0 Å². The summed E-state index contributed by atoms with van der Waals surface area (Å²) in [7, 11) is 0. The Labute approximate surface area is 138 Å². The van der Waals surface area contributed by atoms with Crippen molar-refractivity contribution in [3.05, 3.63) is 42.1 Å². The van der Waals surface area contributed by atoms with Crippen LogP contribution in [0.5, 0.6) is 11.5 Å². The average molecular weight is 326 g/mol. The molecular weight excluding hydrogens is 308 g/mol. The van der Waals surface area contributed by atoms with E-state index in [-0.39, 0.29) is 6.79 Å². The number of hydrogen-bond acceptors (Lipinski definition) is 6. The van der Waals surface area contributed by atoms with E-state index in [1.54, 1.807) is 6.33 Å². The molecule has 0 aliphatic carbocycles. The molecule has 0 saturated carbocycles. The van der Waals surface area contributed by atoms with Gasteiger partial charge < -0.3 is 19.4 Å². The van der Waals surface area contributed by atoms with Gasteiger partial charge in [0.1, 0.15) is 12.2 Å². The SMILES string of the molecule is CCn1cnnc1CNCc1cn[nH]c1-c1ccc2c(c1)OCO2. The zero-order chi connectivity index (χ0) is 16.4. The summed E-state index contributed by atoms with van der Waals surface area (Å²) < 4.78 is 12.8. The van der Waals surface area contributed by atoms with Crippen LogP contribution < -0.4 is 14.8 Å². The first kappa shape index (κ1) is 14.7. The zero-order valence-electron chi connectivity index (χ0n) is 13.3. The monoisotopic (exact) mass is 326 g/mol. The summed E-state index contributed by atoms with van der Waals surface area (Å²) in [5.74, 6) is 2.46. The first-order chi connectivity index (χ1) is 11.8. The van der Waals surface area contributed by atoms with Crippen LogP contribution in [0.15, 0.2) is 30.7 Å². The Morgan fingerprint density at radius 3 is 3.08 bits per heavy atom. The number of nitrogens with one attached hydrogen (secondary N) is 2. The fourth-order valence-electron chi connectivity index (χ4n) is 2.74. The maximum atomic E-state index is 5.44. The van der Waals surface area contributed by atoms with Gasteiger partial charge in [-0.25, -0.2) is 0 Å². The van der Waals surface area contributed by atoms with Crippen LogP contribution in [0.1, 0.15) is 18.3 Å². The second-order valence-corrected chi connectivity index (χ2v) is 5.48. The number of aromatic amines is 1. The molecule has 0 bridgehead atoms. The van der Waals surface area contributed by atoms with Gasteiger partial charge in [-0.1, -0.05) is 0 Å². The maximum Gasteiger partial charge on any atom is 0.231 e. The van der Waals surface area contributed by atoms with E-state index in [0.717, 1.165) is 40.7 Å². The number of ether oxygens (including phenoxy) is 2. The lowest BCUT2D eigenvalue weighted by molar-refractivity contribution is 0.174. The van der Waals surface area contributed by atoms with Crippen LogP contribution in [0.3, 0.4) is 0 Å². The van der Waals surface area contributed by atoms with Crippen LogP contribution in [0.2, 0.25) is 0 Å². The Kier molecular flexibility index (Phi) is 3.87. The lowest BCUT2D eigenvalue weighted by Crippen LogP contribution is -2.16. The summed E-state index contributed by atoms with van der Waals surface area (Å²) in [6.07, 6.45) is 3.57. The highest BCUT2D eigenvalue weighted by atomic mass is 16.7. The number of H-pyrrole nitrogens is 1. The number of benzene rings is 1. The van der Waals surface area contributed by atoms with Gasteiger partial charge in [0.05, 0.1) is 18.4 Å². The molecule has 2 N–H and O–H groups in total. The van der Waals surface area contributed by atoms with Gasteiger partial charge in [-0.05, 0) is 25.1 Å². The first-order valence-corrected chi connectivity index (χ1v) is 7.85. The third-order valence-corrected chi connectivity index (χ3v) is 4.01. The molecule has 3 aromatic rings. The van der Waals surface area contributed by atoms with Gasteiger partial charge in [0.25, 0.3) is 0 Å². The number of nitrogens with zero attached hydrogens (tertiary/aromatic N) is 4. The molecule has 4 rings (SSSR count). The van der Waals surface area contributed by atoms with E-state index in [4.69, 9.17) is 9.47 Å². The quantitative estimate of drug-likeness (QED) is 0.717. The van der Waals surface area contributed by atoms with Crippen molar-refractivity contribution in [1.29, 1.82) is 0 Å². The molecule has 124 valence electrons. The Morgan fingerprint density at radius 2 is 2.17 bits per heavy atom. The van der Waals surface area contributed by atoms with Crippen molar-refractivity contribution < 1.29 is 9.47 Å². The lowest BCUT2D eigenvalue weighted by Gasteiger charge is -2.07. The van der Waals surface area contributed by atoms with Crippen molar-refractivity contribution in [3.8, 4) is 22.8 Å². The summed E-state index contributed by atoms with van der Waals surface area (Å²) in [5, 5.41) is 18.7. The number of aryl methyl sites for hydroxylation is 1. The molecule has 0 radical (unpaired) electrons. The van der Waals surface area contributed by atoms with Gasteiger partial charge in [-0.3, -0.25) is 5.10 Å². The van der Waals surface area contributed by atoms with E-state index in [0.29, 0.717) is 13.1 Å². The molecule has 0 atom stereocenters. The number of rotatable bonds is 6. The minimum atomic E-state index is 0.272. The molecular formula is C16H18N6O2. The van der Waals surface area contributed by atoms with E-state index in [1.807, 2.05) is 29.0 Å². The van der Waals surface area contributed by atoms with Crippen LogP contribution in [0.4, 0.5) is 0 Å². The molecule has 3 heterocycles. The highest BCUT2D eigenvalue weighted by Crippen LogP contribution is 2.36. The zero-order valence-corrected chi connectivity index (χ0v) is 13.3. The van der Waals surface area contributed by atoms with Gasteiger partial charge in [-0.2, -0.15) is 5.10 Å². The Bertz CT molecular complexity index is 841. The first-order valence-electron chi connectivity index (χ1n) is 7.85. The van der Waals surface area contributed by atoms with Gasteiger partial charge in [-0.15, -0.1) is 10.2 Å². The molecule has 8 nitrogen and oxygen atoms in total. The predicted octanol–water partition coefficient (Wildman–Crippen LogP) is 1.71. The van der Waals surface area contributed by atoms with Crippen LogP contribution >= 0.6 is 0 Å². The molecule has 2 aromatic heterocycles. The molecule has 24 heavy (non-hydrogen) atoms. The summed E-state index contributed by atoms with van der Waals surface area (Å²) >= 11 is 0. The fourth-order valence-corrected chi connectivity index (χ4v) is 2.74. The van der Waals surface area contributed by atoms with Crippen molar-refractivity contribution in [2.45, 2.75) is 26.6 Å². The number of aromatic nitrogens is 5. The molecule has 0 fully saturated rings. The fraction of sp³-hybridized carbons (Fsp3) is 0.312. The number of hydrogen-bond donors (Lipinski definition) is 2. The van der Waals surface area contributed by atoms with E-state index < -0.39 is 0 Å². The van der Waals surface area contributed by atoms with Crippen molar-refractivity contribution in [1.82, 2.24) is 30.3 Å². The average Bonchev–Trinajstić information content (AvgIpc) is 3.34. The lowest BCUT2D eigenvalue weighted by atomic mass is 10.1. The Balaban J connectivity index is 1.47. The summed E-state index contributed by atoms with van der Waals surface area (Å²) in [6, 6.07) is 5.88. The van der Waals surface area contributed by atoms with Gasteiger partial charge >= 0.3 is 0 Å². The smallest absolute Gasteiger partial charge is 0.231 e. The third-order valence-electron chi connectivity index (χ3n) is 4.01. The predicted molar refractivity (Wildman–Crippen MR) is 86.4 cm³/mol. The second-order valence-electron chi connectivity index (χ2n) is 5.48. The van der Waals surface area contributed by atoms with Crippen LogP contribution in [0.25, 0.3) is 11.3 Å². The van der Waals surface area contributed by atoms with Gasteiger partial charge in [0.2, 0.25) is 6.79 Å². The van der Waals surface area contributed by atoms with Crippen molar-refractivity contribution >= 4 is 0 Å².